The molecule has 0 spiro atoms. The molecule has 2 aromatic rings. The molecular formula is C21H20F2N2O3. The van der Waals surface area contributed by atoms with Crippen molar-refractivity contribution in [2.45, 2.75) is 37.1 Å². The molecular weight excluding hydrogens is 366 g/mol. The molecule has 3 aliphatic heterocycles. The number of esters is 1. The molecule has 4 heterocycles. The lowest BCUT2D eigenvalue weighted by Crippen LogP contribution is -2.67. The van der Waals surface area contributed by atoms with Crippen molar-refractivity contribution in [1.29, 1.82) is 0 Å². The molecule has 6 rings (SSSR count). The van der Waals surface area contributed by atoms with Crippen LogP contribution in [0.5, 0.6) is 0 Å². The second-order valence-electron chi connectivity index (χ2n) is 7.99. The number of hydrogen-bond donors (Lipinski definition) is 1. The number of aromatic nitrogens is 1. The van der Waals surface area contributed by atoms with Gasteiger partial charge in [0, 0.05) is 35.6 Å². The highest BCUT2D eigenvalue weighted by molar-refractivity contribution is 5.96. The van der Waals surface area contributed by atoms with Crippen LogP contribution in [0.25, 0.3) is 10.9 Å². The summed E-state index contributed by atoms with van der Waals surface area (Å²) in [5.74, 6) is -4.67. The Balaban J connectivity index is 1.85. The third-order valence-corrected chi connectivity index (χ3v) is 6.51. The number of H-pyrrole nitrogens is 1. The minimum absolute atomic E-state index is 0.138. The molecule has 5 nitrogen and oxygen atoms in total. The topological polar surface area (TPSA) is 62.4 Å². The van der Waals surface area contributed by atoms with Gasteiger partial charge in [-0.25, -0.2) is 8.78 Å². The van der Waals surface area contributed by atoms with Crippen molar-refractivity contribution in [3.63, 3.8) is 0 Å². The number of ether oxygens (including phenoxy) is 1. The number of aromatic amines is 1. The van der Waals surface area contributed by atoms with Crippen molar-refractivity contribution >= 4 is 22.8 Å². The van der Waals surface area contributed by atoms with E-state index < -0.39 is 29.3 Å². The fourth-order valence-electron chi connectivity index (χ4n) is 5.44. The van der Waals surface area contributed by atoms with E-state index in [0.29, 0.717) is 18.7 Å². The highest BCUT2D eigenvalue weighted by atomic mass is 19.3. The lowest BCUT2D eigenvalue weighted by molar-refractivity contribution is -0.161. The zero-order valence-electron chi connectivity index (χ0n) is 15.6. The molecule has 1 saturated heterocycles. The summed E-state index contributed by atoms with van der Waals surface area (Å²) in [4.78, 5) is 30.9. The number of piperidine rings is 1. The quantitative estimate of drug-likeness (QED) is 0.638. The van der Waals surface area contributed by atoms with Crippen LogP contribution in [-0.2, 0) is 26.2 Å². The van der Waals surface area contributed by atoms with E-state index in [0.717, 1.165) is 23.4 Å². The second-order valence-corrected chi connectivity index (χ2v) is 7.99. The maximum atomic E-state index is 14.6. The van der Waals surface area contributed by atoms with E-state index in [9.17, 15) is 18.4 Å². The van der Waals surface area contributed by atoms with Gasteiger partial charge in [0.1, 0.15) is 5.41 Å². The lowest BCUT2D eigenvalue weighted by Gasteiger charge is -2.53. The van der Waals surface area contributed by atoms with Gasteiger partial charge in [-0.15, -0.1) is 0 Å². The molecule has 28 heavy (non-hydrogen) atoms. The number of carbonyl (C=O) groups excluding carboxylic acids is 2. The number of fused-ring (bicyclic) bond motifs is 3. The van der Waals surface area contributed by atoms with Crippen LogP contribution < -0.4 is 0 Å². The molecule has 1 amide bonds. The van der Waals surface area contributed by atoms with E-state index in [-0.39, 0.29) is 17.9 Å². The van der Waals surface area contributed by atoms with Gasteiger partial charge in [-0.2, -0.15) is 0 Å². The Hall–Kier alpha value is -2.70. The first kappa shape index (κ1) is 17.4. The number of nitrogens with one attached hydrogen (secondary N) is 1. The van der Waals surface area contributed by atoms with Gasteiger partial charge in [-0.3, -0.25) is 9.59 Å². The Bertz CT molecular complexity index is 1050. The van der Waals surface area contributed by atoms with Crippen molar-refractivity contribution in [3.05, 3.63) is 47.2 Å². The van der Waals surface area contributed by atoms with Crippen LogP contribution in [0.2, 0.25) is 0 Å². The van der Waals surface area contributed by atoms with Gasteiger partial charge in [0.05, 0.1) is 19.1 Å². The summed E-state index contributed by atoms with van der Waals surface area (Å²) >= 11 is 0. The summed E-state index contributed by atoms with van der Waals surface area (Å²) in [5.41, 5.74) is 0.843. The average molecular weight is 386 g/mol. The summed E-state index contributed by atoms with van der Waals surface area (Å²) in [7, 11) is 1.27. The summed E-state index contributed by atoms with van der Waals surface area (Å²) in [5, 5.41) is 0.951. The number of carbonyl (C=O) groups is 2. The van der Waals surface area contributed by atoms with Crippen LogP contribution in [0, 0.1) is 5.92 Å². The highest BCUT2D eigenvalue weighted by Crippen LogP contribution is 2.55. The lowest BCUT2D eigenvalue weighted by atomic mass is 9.60. The van der Waals surface area contributed by atoms with E-state index in [1.165, 1.54) is 18.1 Å². The fourth-order valence-corrected chi connectivity index (χ4v) is 5.44. The maximum Gasteiger partial charge on any atom is 0.320 e. The smallest absolute Gasteiger partial charge is 0.320 e. The zero-order chi connectivity index (χ0) is 19.8. The Morgan fingerprint density at radius 1 is 1.36 bits per heavy atom. The summed E-state index contributed by atoms with van der Waals surface area (Å²) in [6.45, 7) is 1.12. The molecule has 1 N–H and O–H groups in total. The van der Waals surface area contributed by atoms with Gasteiger partial charge in [0.2, 0.25) is 5.91 Å². The summed E-state index contributed by atoms with van der Waals surface area (Å²) < 4.78 is 34.3. The predicted molar refractivity (Wildman–Crippen MR) is 98.0 cm³/mol. The molecule has 0 saturated carbocycles. The fraction of sp³-hybridized carbons (Fsp3) is 0.429. The zero-order valence-corrected chi connectivity index (χ0v) is 15.6. The Morgan fingerprint density at radius 3 is 2.82 bits per heavy atom. The van der Waals surface area contributed by atoms with Gasteiger partial charge in [0.15, 0.2) is 0 Å². The normalized spacial score (nSPS) is 28.8. The molecule has 4 aliphatic rings. The first-order valence-electron chi connectivity index (χ1n) is 9.38. The molecule has 1 aliphatic carbocycles. The van der Waals surface area contributed by atoms with E-state index in [2.05, 4.69) is 4.98 Å². The van der Waals surface area contributed by atoms with Gasteiger partial charge in [0.25, 0.3) is 5.92 Å². The Morgan fingerprint density at radius 2 is 2.11 bits per heavy atom. The number of para-hydroxylation sites is 1. The number of halogens is 2. The van der Waals surface area contributed by atoms with Crippen molar-refractivity contribution in [3.8, 4) is 0 Å². The number of rotatable bonds is 2. The molecule has 1 fully saturated rings. The number of hydrogen-bond acceptors (Lipinski definition) is 3. The minimum Gasteiger partial charge on any atom is -0.468 e. The molecule has 7 heteroatoms. The largest absolute Gasteiger partial charge is 0.468 e. The molecule has 146 valence electrons. The monoisotopic (exact) mass is 386 g/mol. The third kappa shape index (κ3) is 1.99. The van der Waals surface area contributed by atoms with Crippen molar-refractivity contribution in [2.24, 2.45) is 5.92 Å². The standard InChI is InChI=1S/C21H20F2N2O3/c1-20(22,23)14-9-11-10-21(19(27)28-2)16-13(7-8-25(17(14)21)18(11)26)12-5-3-4-6-15(12)24-16/h3-6,9,11,17,24H,7-8,10H2,1-2H3/t11-,17+,21-/m0/s1. The second kappa shape index (κ2) is 5.43. The number of nitrogens with zero attached hydrogens (tertiary/aromatic N) is 1. The Kier molecular flexibility index (Phi) is 3.37. The number of amides is 1. The van der Waals surface area contributed by atoms with Crippen LogP contribution in [0.3, 0.4) is 0 Å². The number of methoxy groups -OCH3 is 1. The minimum atomic E-state index is -3.14. The third-order valence-electron chi connectivity index (χ3n) is 6.51. The van der Waals surface area contributed by atoms with Crippen molar-refractivity contribution < 1.29 is 23.1 Å². The Labute approximate surface area is 160 Å². The summed E-state index contributed by atoms with van der Waals surface area (Å²) in [6.07, 6.45) is 2.01. The molecule has 1 aromatic heterocycles. The molecule has 0 unspecified atom stereocenters. The van der Waals surface area contributed by atoms with Crippen LogP contribution in [0.4, 0.5) is 8.78 Å². The molecule has 1 aromatic carbocycles. The van der Waals surface area contributed by atoms with Crippen LogP contribution in [0.15, 0.2) is 35.9 Å². The van der Waals surface area contributed by atoms with Crippen molar-refractivity contribution in [2.75, 3.05) is 13.7 Å². The first-order valence-corrected chi connectivity index (χ1v) is 9.38. The predicted octanol–water partition coefficient (Wildman–Crippen LogP) is 2.95. The highest BCUT2D eigenvalue weighted by Gasteiger charge is 2.65. The van der Waals surface area contributed by atoms with Crippen LogP contribution in [0.1, 0.15) is 24.6 Å². The van der Waals surface area contributed by atoms with Gasteiger partial charge in [-0.1, -0.05) is 24.3 Å². The maximum absolute atomic E-state index is 14.6. The SMILES string of the molecule is COC(=O)[C@]12C[C@@H]3C=C(C(C)(F)F)[C@H]1N(CCc1c2[nH]c2ccccc12)C3=O. The average Bonchev–Trinajstić information content (AvgIpc) is 2.99. The van der Waals surface area contributed by atoms with Crippen LogP contribution in [-0.4, -0.2) is 47.4 Å². The van der Waals surface area contributed by atoms with Gasteiger partial charge in [-0.05, 0) is 24.5 Å². The van der Waals surface area contributed by atoms with Crippen molar-refractivity contribution in [1.82, 2.24) is 9.88 Å². The van der Waals surface area contributed by atoms with Crippen LogP contribution >= 0.6 is 0 Å². The molecule has 0 radical (unpaired) electrons. The number of alkyl halides is 2. The van der Waals surface area contributed by atoms with Gasteiger partial charge < -0.3 is 14.6 Å². The number of benzene rings is 1. The van der Waals surface area contributed by atoms with E-state index in [1.54, 1.807) is 0 Å². The first-order chi connectivity index (χ1) is 13.3. The van der Waals surface area contributed by atoms with E-state index >= 15 is 0 Å². The summed E-state index contributed by atoms with van der Waals surface area (Å²) in [6, 6.07) is 6.60. The van der Waals surface area contributed by atoms with E-state index in [4.69, 9.17) is 4.74 Å². The molecule has 4 bridgehead atoms. The van der Waals surface area contributed by atoms with Gasteiger partial charge >= 0.3 is 5.97 Å². The van der Waals surface area contributed by atoms with E-state index in [1.807, 2.05) is 24.3 Å². The molecule has 3 atom stereocenters.